The number of aryl methyl sites for hydroxylation is 1. The van der Waals surface area contributed by atoms with Gasteiger partial charge in [0.1, 0.15) is 0 Å². The monoisotopic (exact) mass is 355 g/mol. The summed E-state index contributed by atoms with van der Waals surface area (Å²) in [6, 6.07) is 9.07. The van der Waals surface area contributed by atoms with E-state index >= 15 is 0 Å². The summed E-state index contributed by atoms with van der Waals surface area (Å²) in [5.41, 5.74) is 1.44. The number of para-hydroxylation sites is 1. The Morgan fingerprint density at radius 2 is 2.06 bits per heavy atom. The molecule has 0 bridgehead atoms. The highest BCUT2D eigenvalue weighted by Crippen LogP contribution is 2.20. The molecule has 0 radical (unpaired) electrons. The number of nitrogens with one attached hydrogen (secondary N) is 1. The van der Waals surface area contributed by atoms with Crippen LogP contribution < -0.4 is 5.32 Å². The van der Waals surface area contributed by atoms with Gasteiger partial charge in [-0.2, -0.15) is 0 Å². The van der Waals surface area contributed by atoms with Crippen LogP contribution in [0.2, 0.25) is 0 Å². The Bertz CT molecular complexity index is 602. The molecule has 0 saturated carbocycles. The van der Waals surface area contributed by atoms with E-state index in [2.05, 4.69) is 37.9 Å². The second-order valence-electron chi connectivity index (χ2n) is 3.63. The predicted octanol–water partition coefficient (Wildman–Crippen LogP) is 2.83. The van der Waals surface area contributed by atoms with Crippen LogP contribution in [0.5, 0.6) is 0 Å². The Balaban J connectivity index is 2.35. The minimum Gasteiger partial charge on any atom is -0.477 e. The van der Waals surface area contributed by atoms with E-state index in [-0.39, 0.29) is 11.6 Å². The van der Waals surface area contributed by atoms with Crippen molar-refractivity contribution in [1.29, 1.82) is 0 Å². The zero-order chi connectivity index (χ0) is 13.1. The quantitative estimate of drug-likeness (QED) is 0.829. The summed E-state index contributed by atoms with van der Waals surface area (Å²) in [7, 11) is 0. The van der Waals surface area contributed by atoms with E-state index in [1.165, 1.54) is 6.07 Å². The van der Waals surface area contributed by atoms with Gasteiger partial charge in [0.05, 0.1) is 5.69 Å². The van der Waals surface area contributed by atoms with Crippen LogP contribution in [0.3, 0.4) is 0 Å². The number of anilines is 2. The molecule has 0 unspecified atom stereocenters. The Kier molecular flexibility index (Phi) is 3.75. The first-order valence-electron chi connectivity index (χ1n) is 5.17. The third-order valence-electron chi connectivity index (χ3n) is 2.19. The molecule has 0 aliphatic rings. The molecule has 6 heteroatoms. The Labute approximate surface area is 117 Å². The summed E-state index contributed by atoms with van der Waals surface area (Å²) in [6.07, 6.45) is 0. The topological polar surface area (TPSA) is 75.1 Å². The molecule has 0 atom stereocenters. The van der Waals surface area contributed by atoms with Crippen molar-refractivity contribution in [3.8, 4) is 0 Å². The SMILES string of the molecule is Cc1cc(C(=O)O)nc(Nc2ccccc2I)n1. The maximum atomic E-state index is 10.9. The van der Waals surface area contributed by atoms with Crippen LogP contribution in [0, 0.1) is 10.5 Å². The van der Waals surface area contributed by atoms with E-state index in [9.17, 15) is 4.79 Å². The van der Waals surface area contributed by atoms with Gasteiger partial charge in [-0.3, -0.25) is 0 Å². The number of aromatic nitrogens is 2. The van der Waals surface area contributed by atoms with E-state index in [4.69, 9.17) is 5.11 Å². The number of nitrogens with zero attached hydrogens (tertiary/aromatic N) is 2. The molecule has 1 heterocycles. The number of aromatic carboxylic acids is 1. The molecule has 0 spiro atoms. The highest BCUT2D eigenvalue weighted by Gasteiger charge is 2.09. The average Bonchev–Trinajstić information content (AvgIpc) is 2.31. The molecular formula is C12H10IN3O2. The number of rotatable bonds is 3. The predicted molar refractivity (Wildman–Crippen MR) is 76.2 cm³/mol. The molecule has 2 rings (SSSR count). The molecule has 92 valence electrons. The van der Waals surface area contributed by atoms with Crippen molar-refractivity contribution >= 4 is 40.2 Å². The number of benzene rings is 1. The second kappa shape index (κ2) is 5.30. The minimum absolute atomic E-state index is 0.0176. The maximum absolute atomic E-state index is 10.9. The fourth-order valence-corrected chi connectivity index (χ4v) is 1.94. The second-order valence-corrected chi connectivity index (χ2v) is 4.79. The first-order chi connectivity index (χ1) is 8.56. The fourth-order valence-electron chi connectivity index (χ4n) is 1.42. The van der Waals surface area contributed by atoms with Crippen LogP contribution in [-0.2, 0) is 0 Å². The minimum atomic E-state index is -1.06. The lowest BCUT2D eigenvalue weighted by Gasteiger charge is -2.08. The van der Waals surface area contributed by atoms with Gasteiger partial charge in [0.25, 0.3) is 0 Å². The Morgan fingerprint density at radius 1 is 1.33 bits per heavy atom. The lowest BCUT2D eigenvalue weighted by Crippen LogP contribution is -2.06. The molecule has 1 aromatic heterocycles. The van der Waals surface area contributed by atoms with Crippen molar-refractivity contribution in [1.82, 2.24) is 9.97 Å². The van der Waals surface area contributed by atoms with Gasteiger partial charge in [-0.05, 0) is 47.7 Å². The van der Waals surface area contributed by atoms with Gasteiger partial charge >= 0.3 is 5.97 Å². The van der Waals surface area contributed by atoms with E-state index in [0.29, 0.717) is 5.69 Å². The lowest BCUT2D eigenvalue weighted by atomic mass is 10.3. The summed E-state index contributed by atoms with van der Waals surface area (Å²) in [5, 5.41) is 12.0. The lowest BCUT2D eigenvalue weighted by molar-refractivity contribution is 0.0690. The first-order valence-corrected chi connectivity index (χ1v) is 6.24. The maximum Gasteiger partial charge on any atom is 0.354 e. The molecule has 0 amide bonds. The molecule has 0 aliphatic heterocycles. The van der Waals surface area contributed by atoms with Crippen molar-refractivity contribution in [3.63, 3.8) is 0 Å². The first kappa shape index (κ1) is 12.7. The molecule has 1 aromatic carbocycles. The highest BCUT2D eigenvalue weighted by molar-refractivity contribution is 14.1. The van der Waals surface area contributed by atoms with Crippen LogP contribution in [0.1, 0.15) is 16.2 Å². The molecule has 18 heavy (non-hydrogen) atoms. The van der Waals surface area contributed by atoms with Gasteiger partial charge in [-0.25, -0.2) is 14.8 Å². The molecular weight excluding hydrogens is 345 g/mol. The molecule has 0 fully saturated rings. The van der Waals surface area contributed by atoms with Crippen molar-refractivity contribution in [3.05, 3.63) is 45.3 Å². The van der Waals surface area contributed by atoms with Crippen molar-refractivity contribution in [2.45, 2.75) is 6.92 Å². The summed E-state index contributed by atoms with van der Waals surface area (Å²) in [5.74, 6) is -0.775. The van der Waals surface area contributed by atoms with Crippen LogP contribution in [0.25, 0.3) is 0 Å². The summed E-state index contributed by atoms with van der Waals surface area (Å²) in [6.45, 7) is 1.73. The smallest absolute Gasteiger partial charge is 0.354 e. The highest BCUT2D eigenvalue weighted by atomic mass is 127. The Morgan fingerprint density at radius 3 is 2.72 bits per heavy atom. The number of carboxylic acids is 1. The molecule has 5 nitrogen and oxygen atoms in total. The van der Waals surface area contributed by atoms with Gasteiger partial charge < -0.3 is 10.4 Å². The zero-order valence-electron chi connectivity index (χ0n) is 9.51. The summed E-state index contributed by atoms with van der Waals surface area (Å²) < 4.78 is 1.01. The largest absolute Gasteiger partial charge is 0.477 e. The van der Waals surface area contributed by atoms with Crippen LogP contribution >= 0.6 is 22.6 Å². The number of hydrogen-bond donors (Lipinski definition) is 2. The van der Waals surface area contributed by atoms with Crippen molar-refractivity contribution in [2.24, 2.45) is 0 Å². The van der Waals surface area contributed by atoms with Crippen LogP contribution in [-0.4, -0.2) is 21.0 Å². The molecule has 0 aliphatic carbocycles. The molecule has 2 aromatic rings. The zero-order valence-corrected chi connectivity index (χ0v) is 11.7. The number of hydrogen-bond acceptors (Lipinski definition) is 4. The third-order valence-corrected chi connectivity index (χ3v) is 3.13. The fraction of sp³-hybridized carbons (Fsp3) is 0.0833. The van der Waals surface area contributed by atoms with E-state index in [1.807, 2.05) is 24.3 Å². The molecule has 2 N–H and O–H groups in total. The normalized spacial score (nSPS) is 10.1. The summed E-state index contributed by atoms with van der Waals surface area (Å²) in [4.78, 5) is 19.0. The summed E-state index contributed by atoms with van der Waals surface area (Å²) >= 11 is 2.18. The van der Waals surface area contributed by atoms with Gasteiger partial charge in [0.2, 0.25) is 5.95 Å². The van der Waals surface area contributed by atoms with E-state index in [1.54, 1.807) is 6.92 Å². The number of carbonyl (C=O) groups is 1. The van der Waals surface area contributed by atoms with Crippen LogP contribution in [0.15, 0.2) is 30.3 Å². The van der Waals surface area contributed by atoms with Gasteiger partial charge in [0.15, 0.2) is 5.69 Å². The third kappa shape index (κ3) is 2.95. The van der Waals surface area contributed by atoms with Crippen molar-refractivity contribution in [2.75, 3.05) is 5.32 Å². The number of halogens is 1. The van der Waals surface area contributed by atoms with Crippen LogP contribution in [0.4, 0.5) is 11.6 Å². The van der Waals surface area contributed by atoms with Gasteiger partial charge in [-0.1, -0.05) is 12.1 Å². The standard InChI is InChI=1S/C12H10IN3O2/c1-7-6-10(11(17)18)16-12(14-7)15-9-5-3-2-4-8(9)13/h2-6H,1H3,(H,17,18)(H,14,15,16). The van der Waals surface area contributed by atoms with E-state index in [0.717, 1.165) is 9.26 Å². The van der Waals surface area contributed by atoms with Crippen molar-refractivity contribution < 1.29 is 9.90 Å². The molecule has 0 saturated heterocycles. The van der Waals surface area contributed by atoms with Gasteiger partial charge in [-0.15, -0.1) is 0 Å². The average molecular weight is 355 g/mol. The van der Waals surface area contributed by atoms with E-state index < -0.39 is 5.97 Å². The number of carboxylic acid groups (broad SMARTS) is 1. The van der Waals surface area contributed by atoms with Gasteiger partial charge in [0, 0.05) is 9.26 Å². The Hall–Kier alpha value is -1.70.